The molecule has 0 bridgehead atoms. The number of nitrogen functional groups attached to an aromatic ring is 1. The topological polar surface area (TPSA) is 59.2 Å². The molecular weight excluding hydrogens is 402 g/mol. The number of carbonyl (C=O) groups excluding carboxylic acids is 1. The van der Waals surface area contributed by atoms with E-state index in [2.05, 4.69) is 35.0 Å². The van der Waals surface area contributed by atoms with Crippen molar-refractivity contribution in [2.24, 2.45) is 0 Å². The molecule has 31 heavy (non-hydrogen) atoms. The van der Waals surface area contributed by atoms with Gasteiger partial charge in [-0.15, -0.1) is 11.3 Å². The minimum Gasteiger partial charge on any atom is -0.375 e. The molecule has 1 aromatic heterocycles. The van der Waals surface area contributed by atoms with Gasteiger partial charge in [-0.25, -0.2) is 4.98 Å². The Hall–Kier alpha value is -2.24. The molecule has 0 radical (unpaired) electrons. The van der Waals surface area contributed by atoms with E-state index in [1.807, 2.05) is 24.3 Å². The lowest BCUT2D eigenvalue weighted by Crippen LogP contribution is -2.40. The quantitative estimate of drug-likeness (QED) is 0.319. The second-order valence-corrected chi connectivity index (χ2v) is 9.77. The number of ketones is 1. The zero-order valence-electron chi connectivity index (χ0n) is 18.5. The number of thiazole rings is 1. The number of nitrogens with two attached hydrogens (primary N) is 1. The Morgan fingerprint density at radius 2 is 1.97 bits per heavy atom. The summed E-state index contributed by atoms with van der Waals surface area (Å²) in [5, 5.41) is 3.04. The summed E-state index contributed by atoms with van der Waals surface area (Å²) < 4.78 is 0. The van der Waals surface area contributed by atoms with Crippen LogP contribution >= 0.6 is 11.3 Å². The summed E-state index contributed by atoms with van der Waals surface area (Å²) >= 11 is 1.67. The lowest BCUT2D eigenvalue weighted by atomic mass is 9.95. The number of unbranched alkanes of at least 4 members (excludes halogenated alkanes) is 2. The summed E-state index contributed by atoms with van der Waals surface area (Å²) in [6, 6.07) is 14.9. The first-order valence-electron chi connectivity index (χ1n) is 11.6. The smallest absolute Gasteiger partial charge is 0.180 e. The van der Waals surface area contributed by atoms with E-state index in [1.165, 1.54) is 28.8 Å². The average Bonchev–Trinajstić information content (AvgIpc) is 3.16. The number of aryl methyl sites for hydroxylation is 1. The van der Waals surface area contributed by atoms with Crippen molar-refractivity contribution in [3.63, 3.8) is 0 Å². The zero-order valence-corrected chi connectivity index (χ0v) is 19.3. The highest BCUT2D eigenvalue weighted by Crippen LogP contribution is 2.30. The third-order valence-corrected chi connectivity index (χ3v) is 7.33. The van der Waals surface area contributed by atoms with E-state index in [0.717, 1.165) is 56.1 Å². The minimum atomic E-state index is 0.263. The van der Waals surface area contributed by atoms with Crippen molar-refractivity contribution in [1.29, 1.82) is 0 Å². The van der Waals surface area contributed by atoms with Crippen LogP contribution in [0.4, 0.5) is 5.13 Å². The largest absolute Gasteiger partial charge is 0.375 e. The van der Waals surface area contributed by atoms with E-state index in [4.69, 9.17) is 5.73 Å². The normalized spacial score (nSPS) is 16.0. The fraction of sp³-hybridized carbons (Fsp3) is 0.462. The van der Waals surface area contributed by atoms with Gasteiger partial charge in [0.15, 0.2) is 10.9 Å². The molecule has 3 aromatic rings. The van der Waals surface area contributed by atoms with Crippen molar-refractivity contribution in [3.05, 3.63) is 58.6 Å². The first-order chi connectivity index (χ1) is 15.1. The maximum atomic E-state index is 12.6. The molecule has 4 nitrogen and oxygen atoms in total. The van der Waals surface area contributed by atoms with Crippen LogP contribution in [0, 0.1) is 0 Å². The highest BCUT2D eigenvalue weighted by molar-refractivity contribution is 7.15. The van der Waals surface area contributed by atoms with Crippen molar-refractivity contribution in [2.45, 2.75) is 64.3 Å². The molecule has 4 rings (SSSR count). The number of anilines is 1. The molecule has 1 aliphatic carbocycles. The number of hydrogen-bond donors (Lipinski definition) is 1. The second-order valence-electron chi connectivity index (χ2n) is 8.65. The molecule has 5 heteroatoms. The predicted octanol–water partition coefficient (Wildman–Crippen LogP) is 5.89. The number of rotatable bonds is 10. The predicted molar refractivity (Wildman–Crippen MR) is 131 cm³/mol. The van der Waals surface area contributed by atoms with Gasteiger partial charge in [-0.1, -0.05) is 49.7 Å². The molecule has 164 valence electrons. The fourth-order valence-electron chi connectivity index (χ4n) is 4.74. The summed E-state index contributed by atoms with van der Waals surface area (Å²) in [5.74, 6) is 0.263. The number of Topliss-reactive ketones (excluding diaryl/α,β-unsaturated/α-hetero) is 1. The maximum absolute atomic E-state index is 12.6. The standard InChI is InChI=1S/C26H33N3OS/c1-2-15-29(22-13-14-23-25(18-22)31-26(27)28-23)16-7-3-4-10-24(30)21-12-11-19-8-5-6-9-20(19)17-21/h5-6,8-9,11-12,17,22H,2-4,7,10,13-16,18H2,1H3,(H2,27,28)/t22-/m0/s1. The van der Waals surface area contributed by atoms with Crippen LogP contribution in [-0.4, -0.2) is 34.8 Å². The molecule has 0 aliphatic heterocycles. The molecule has 0 amide bonds. The van der Waals surface area contributed by atoms with Crippen molar-refractivity contribution in [1.82, 2.24) is 9.88 Å². The summed E-state index contributed by atoms with van der Waals surface area (Å²) in [7, 11) is 0. The van der Waals surface area contributed by atoms with Crippen LogP contribution in [0.3, 0.4) is 0 Å². The van der Waals surface area contributed by atoms with Gasteiger partial charge in [-0.05, 0) is 68.5 Å². The zero-order chi connectivity index (χ0) is 21.6. The van der Waals surface area contributed by atoms with Gasteiger partial charge in [0, 0.05) is 22.9 Å². The molecule has 2 aromatic carbocycles. The van der Waals surface area contributed by atoms with E-state index in [-0.39, 0.29) is 5.78 Å². The summed E-state index contributed by atoms with van der Waals surface area (Å²) in [5.41, 5.74) is 7.98. The van der Waals surface area contributed by atoms with E-state index in [1.54, 1.807) is 11.3 Å². The molecule has 0 spiro atoms. The third kappa shape index (κ3) is 5.52. The first kappa shape index (κ1) is 22.0. The number of aromatic nitrogens is 1. The Kier molecular flexibility index (Phi) is 7.36. The lowest BCUT2D eigenvalue weighted by Gasteiger charge is -2.33. The lowest BCUT2D eigenvalue weighted by molar-refractivity contribution is 0.0978. The average molecular weight is 436 g/mol. The molecule has 1 heterocycles. The molecular formula is C26H33N3OS. The van der Waals surface area contributed by atoms with Gasteiger partial charge in [-0.3, -0.25) is 4.79 Å². The Balaban J connectivity index is 1.23. The second kappa shape index (κ2) is 10.4. The van der Waals surface area contributed by atoms with Crippen LogP contribution in [0.25, 0.3) is 10.8 Å². The first-order valence-corrected chi connectivity index (χ1v) is 12.5. The van der Waals surface area contributed by atoms with Crippen molar-refractivity contribution in [3.8, 4) is 0 Å². The molecule has 1 aliphatic rings. The van der Waals surface area contributed by atoms with Crippen LogP contribution in [0.5, 0.6) is 0 Å². The van der Waals surface area contributed by atoms with Crippen LogP contribution in [0.1, 0.15) is 66.4 Å². The molecule has 0 fully saturated rings. The fourth-order valence-corrected chi connectivity index (χ4v) is 5.69. The molecule has 0 saturated heterocycles. The van der Waals surface area contributed by atoms with Gasteiger partial charge in [0.05, 0.1) is 5.69 Å². The van der Waals surface area contributed by atoms with Gasteiger partial charge in [0.2, 0.25) is 0 Å². The van der Waals surface area contributed by atoms with Crippen LogP contribution in [0.15, 0.2) is 42.5 Å². The summed E-state index contributed by atoms with van der Waals surface area (Å²) in [6.45, 7) is 4.52. The van der Waals surface area contributed by atoms with Gasteiger partial charge < -0.3 is 10.6 Å². The number of carbonyl (C=O) groups is 1. The number of nitrogens with zero attached hydrogens (tertiary/aromatic N) is 2. The van der Waals surface area contributed by atoms with E-state index >= 15 is 0 Å². The summed E-state index contributed by atoms with van der Waals surface area (Å²) in [4.78, 5) is 21.2. The van der Waals surface area contributed by atoms with Gasteiger partial charge in [0.1, 0.15) is 0 Å². The molecule has 0 saturated carbocycles. The highest BCUT2D eigenvalue weighted by Gasteiger charge is 2.26. The van der Waals surface area contributed by atoms with Gasteiger partial charge >= 0.3 is 0 Å². The third-order valence-electron chi connectivity index (χ3n) is 6.38. The molecule has 1 atom stereocenters. The Bertz CT molecular complexity index is 1030. The van der Waals surface area contributed by atoms with E-state index < -0.39 is 0 Å². The van der Waals surface area contributed by atoms with Gasteiger partial charge in [-0.2, -0.15) is 0 Å². The van der Waals surface area contributed by atoms with Gasteiger partial charge in [0.25, 0.3) is 0 Å². The SMILES string of the molecule is CCCN(CCCCCC(=O)c1ccc2ccccc2c1)[C@H]1CCc2nc(N)sc2C1. The van der Waals surface area contributed by atoms with Crippen LogP contribution < -0.4 is 5.73 Å². The van der Waals surface area contributed by atoms with E-state index in [0.29, 0.717) is 17.6 Å². The van der Waals surface area contributed by atoms with Crippen LogP contribution in [-0.2, 0) is 12.8 Å². The number of fused-ring (bicyclic) bond motifs is 2. The minimum absolute atomic E-state index is 0.263. The Morgan fingerprint density at radius 1 is 1.13 bits per heavy atom. The molecule has 2 N–H and O–H groups in total. The Labute approximate surface area is 189 Å². The number of hydrogen-bond acceptors (Lipinski definition) is 5. The van der Waals surface area contributed by atoms with Crippen LogP contribution in [0.2, 0.25) is 0 Å². The van der Waals surface area contributed by atoms with Crippen molar-refractivity contribution in [2.75, 3.05) is 18.8 Å². The highest BCUT2D eigenvalue weighted by atomic mass is 32.1. The Morgan fingerprint density at radius 3 is 2.81 bits per heavy atom. The molecule has 0 unspecified atom stereocenters. The maximum Gasteiger partial charge on any atom is 0.180 e. The summed E-state index contributed by atoms with van der Waals surface area (Å²) in [6.07, 6.45) is 8.35. The number of benzene rings is 2. The monoisotopic (exact) mass is 435 g/mol. The van der Waals surface area contributed by atoms with Crippen molar-refractivity contribution < 1.29 is 4.79 Å². The van der Waals surface area contributed by atoms with E-state index in [9.17, 15) is 4.79 Å². The van der Waals surface area contributed by atoms with Crippen molar-refractivity contribution >= 4 is 33.0 Å².